The van der Waals surface area contributed by atoms with Crippen molar-refractivity contribution in [3.63, 3.8) is 0 Å². The molecule has 1 rings (SSSR count). The van der Waals surface area contributed by atoms with Gasteiger partial charge in [-0.2, -0.15) is 0 Å². The van der Waals surface area contributed by atoms with Gasteiger partial charge in [0.15, 0.2) is 0 Å². The predicted octanol–water partition coefficient (Wildman–Crippen LogP) is 2.61. The van der Waals surface area contributed by atoms with Crippen LogP contribution in [-0.2, 0) is 0 Å². The lowest BCUT2D eigenvalue weighted by atomic mass is 9.77. The van der Waals surface area contributed by atoms with E-state index in [0.717, 1.165) is 18.6 Å². The van der Waals surface area contributed by atoms with E-state index in [-0.39, 0.29) is 0 Å². The highest BCUT2D eigenvalue weighted by molar-refractivity contribution is 5.82. The van der Waals surface area contributed by atoms with Crippen LogP contribution < -0.4 is 0 Å². The molecule has 0 aliphatic heterocycles. The Hall–Kier alpha value is -0.330. The average Bonchev–Trinajstić information content (AvgIpc) is 1.60. The Labute approximate surface area is 57.0 Å². The summed E-state index contributed by atoms with van der Waals surface area (Å²) in [6.07, 6.45) is 4.59. The maximum Gasteiger partial charge on any atom is 0.00944 e. The van der Waals surface area contributed by atoms with Gasteiger partial charge in [0.05, 0.1) is 0 Å². The van der Waals surface area contributed by atoms with Crippen molar-refractivity contribution in [1.29, 1.82) is 5.41 Å². The topological polar surface area (TPSA) is 23.9 Å². The highest BCUT2D eigenvalue weighted by Crippen LogP contribution is 2.32. The summed E-state index contributed by atoms with van der Waals surface area (Å²) in [5, 5.41) is 7.44. The fourth-order valence-corrected chi connectivity index (χ4v) is 1.53. The third kappa shape index (κ3) is 1.81. The minimum Gasteiger partial charge on any atom is -0.310 e. The normalized spacial score (nSPS) is 26.2. The molecule has 0 heterocycles. The second kappa shape index (κ2) is 2.13. The first kappa shape index (κ1) is 6.79. The van der Waals surface area contributed by atoms with Crippen molar-refractivity contribution < 1.29 is 0 Å². The van der Waals surface area contributed by atoms with Gasteiger partial charge in [0, 0.05) is 5.71 Å². The van der Waals surface area contributed by atoms with Crippen molar-refractivity contribution in [3.05, 3.63) is 0 Å². The second-order valence-corrected chi connectivity index (χ2v) is 3.80. The Morgan fingerprint density at radius 3 is 2.44 bits per heavy atom. The van der Waals surface area contributed by atoms with E-state index in [4.69, 9.17) is 5.41 Å². The first-order valence-corrected chi connectivity index (χ1v) is 3.66. The van der Waals surface area contributed by atoms with E-state index in [0.29, 0.717) is 5.41 Å². The van der Waals surface area contributed by atoms with Crippen LogP contribution in [0.15, 0.2) is 0 Å². The number of hydrogen-bond acceptors (Lipinski definition) is 1. The number of nitrogens with one attached hydrogen (secondary N) is 1. The molecule has 0 bridgehead atoms. The van der Waals surface area contributed by atoms with Gasteiger partial charge in [-0.25, -0.2) is 0 Å². The van der Waals surface area contributed by atoms with Crippen molar-refractivity contribution in [2.24, 2.45) is 5.41 Å². The molecule has 1 heteroatoms. The van der Waals surface area contributed by atoms with Crippen LogP contribution in [0.4, 0.5) is 0 Å². The van der Waals surface area contributed by atoms with Crippen LogP contribution in [-0.4, -0.2) is 5.71 Å². The van der Waals surface area contributed by atoms with Crippen molar-refractivity contribution in [3.8, 4) is 0 Å². The molecule has 0 saturated heterocycles. The molecule has 1 nitrogen and oxygen atoms in total. The van der Waals surface area contributed by atoms with E-state index >= 15 is 0 Å². The summed E-state index contributed by atoms with van der Waals surface area (Å²) in [4.78, 5) is 0. The van der Waals surface area contributed by atoms with Crippen LogP contribution in [0.1, 0.15) is 39.5 Å². The van der Waals surface area contributed by atoms with E-state index < -0.39 is 0 Å². The Morgan fingerprint density at radius 2 is 2.11 bits per heavy atom. The molecule has 1 saturated carbocycles. The van der Waals surface area contributed by atoms with Crippen LogP contribution in [0.25, 0.3) is 0 Å². The van der Waals surface area contributed by atoms with Crippen LogP contribution in [0.2, 0.25) is 0 Å². The van der Waals surface area contributed by atoms with E-state index in [1.807, 2.05) is 0 Å². The minimum atomic E-state index is 0.426. The molecule has 0 spiro atoms. The molecule has 0 aromatic rings. The molecular formula is C8H15N. The molecule has 0 atom stereocenters. The second-order valence-electron chi connectivity index (χ2n) is 3.80. The molecule has 0 aromatic carbocycles. The predicted molar refractivity (Wildman–Crippen MR) is 40.0 cm³/mol. The highest BCUT2D eigenvalue weighted by Gasteiger charge is 2.23. The van der Waals surface area contributed by atoms with Crippen molar-refractivity contribution in [2.75, 3.05) is 0 Å². The van der Waals surface area contributed by atoms with E-state index in [9.17, 15) is 0 Å². The summed E-state index contributed by atoms with van der Waals surface area (Å²) in [6, 6.07) is 0. The van der Waals surface area contributed by atoms with Crippen LogP contribution in [0.5, 0.6) is 0 Å². The van der Waals surface area contributed by atoms with E-state index in [2.05, 4.69) is 13.8 Å². The molecular weight excluding hydrogens is 110 g/mol. The largest absolute Gasteiger partial charge is 0.310 e. The average molecular weight is 125 g/mol. The summed E-state index contributed by atoms with van der Waals surface area (Å²) < 4.78 is 0. The Bertz CT molecular complexity index is 125. The maximum absolute atomic E-state index is 7.44. The maximum atomic E-state index is 7.44. The Balaban J connectivity index is 2.51. The van der Waals surface area contributed by atoms with Gasteiger partial charge in [0.2, 0.25) is 0 Å². The summed E-state index contributed by atoms with van der Waals surface area (Å²) >= 11 is 0. The molecule has 1 aliphatic carbocycles. The molecule has 1 aliphatic rings. The molecule has 1 fully saturated rings. The number of hydrogen-bond donors (Lipinski definition) is 1. The molecule has 0 radical (unpaired) electrons. The molecule has 0 amide bonds. The van der Waals surface area contributed by atoms with Gasteiger partial charge in [-0.1, -0.05) is 13.8 Å². The zero-order valence-electron chi connectivity index (χ0n) is 6.33. The van der Waals surface area contributed by atoms with E-state index in [1.165, 1.54) is 12.8 Å². The van der Waals surface area contributed by atoms with E-state index in [1.54, 1.807) is 0 Å². The lowest BCUT2D eigenvalue weighted by Gasteiger charge is -2.29. The fourth-order valence-electron chi connectivity index (χ4n) is 1.53. The van der Waals surface area contributed by atoms with Crippen LogP contribution in [0, 0.1) is 10.8 Å². The SMILES string of the molecule is CC1(C)CCCC(=N)C1. The van der Waals surface area contributed by atoms with Gasteiger partial charge in [-0.15, -0.1) is 0 Å². The number of rotatable bonds is 0. The Kier molecular flexibility index (Phi) is 1.60. The van der Waals surface area contributed by atoms with Gasteiger partial charge >= 0.3 is 0 Å². The van der Waals surface area contributed by atoms with Gasteiger partial charge in [-0.05, 0) is 31.1 Å². The zero-order chi connectivity index (χ0) is 6.91. The summed E-state index contributed by atoms with van der Waals surface area (Å²) in [7, 11) is 0. The summed E-state index contributed by atoms with van der Waals surface area (Å²) in [5.41, 5.74) is 1.38. The lowest BCUT2D eigenvalue weighted by Crippen LogP contribution is -2.21. The van der Waals surface area contributed by atoms with Crippen molar-refractivity contribution in [1.82, 2.24) is 0 Å². The molecule has 1 N–H and O–H groups in total. The van der Waals surface area contributed by atoms with Crippen LogP contribution >= 0.6 is 0 Å². The summed E-state index contributed by atoms with van der Waals surface area (Å²) in [6.45, 7) is 4.50. The standard InChI is InChI=1S/C8H15N/c1-8(2)5-3-4-7(9)6-8/h9H,3-6H2,1-2H3. The van der Waals surface area contributed by atoms with Gasteiger partial charge in [0.25, 0.3) is 0 Å². The van der Waals surface area contributed by atoms with Crippen molar-refractivity contribution in [2.45, 2.75) is 39.5 Å². The lowest BCUT2D eigenvalue weighted by molar-refractivity contribution is 0.320. The monoisotopic (exact) mass is 125 g/mol. The highest BCUT2D eigenvalue weighted by atomic mass is 14.5. The molecule has 52 valence electrons. The quantitative estimate of drug-likeness (QED) is 0.514. The van der Waals surface area contributed by atoms with Gasteiger partial charge in [-0.3, -0.25) is 0 Å². The third-order valence-corrected chi connectivity index (χ3v) is 2.02. The third-order valence-electron chi connectivity index (χ3n) is 2.02. The molecule has 0 unspecified atom stereocenters. The molecule has 9 heavy (non-hydrogen) atoms. The smallest absolute Gasteiger partial charge is 0.00944 e. The fraction of sp³-hybridized carbons (Fsp3) is 0.875. The Morgan fingerprint density at radius 1 is 1.44 bits per heavy atom. The first-order chi connectivity index (χ1) is 4.10. The minimum absolute atomic E-state index is 0.426. The van der Waals surface area contributed by atoms with Crippen LogP contribution in [0.3, 0.4) is 0 Å². The van der Waals surface area contributed by atoms with Gasteiger partial charge in [0.1, 0.15) is 0 Å². The summed E-state index contributed by atoms with van der Waals surface area (Å²) in [5.74, 6) is 0. The first-order valence-electron chi connectivity index (χ1n) is 3.66. The van der Waals surface area contributed by atoms with Gasteiger partial charge < -0.3 is 5.41 Å². The van der Waals surface area contributed by atoms with Crippen molar-refractivity contribution >= 4 is 5.71 Å². The molecule has 0 aromatic heterocycles. The zero-order valence-corrected chi connectivity index (χ0v) is 6.33.